The lowest BCUT2D eigenvalue weighted by Crippen LogP contribution is -2.42. The summed E-state index contributed by atoms with van der Waals surface area (Å²) >= 11 is 12.3. The Balaban J connectivity index is 1.59. The minimum atomic E-state index is -0.672. The predicted molar refractivity (Wildman–Crippen MR) is 113 cm³/mol. The van der Waals surface area contributed by atoms with Crippen LogP contribution in [0.1, 0.15) is 27.7 Å². The fourth-order valence-electron chi connectivity index (χ4n) is 3.73. The Kier molecular flexibility index (Phi) is 4.60. The first-order chi connectivity index (χ1) is 14.5. The summed E-state index contributed by atoms with van der Waals surface area (Å²) in [4.78, 5) is 15.0. The number of phenolic OH excluding ortho intramolecular Hbond substituents is 1. The fraction of sp³-hybridized carbons (Fsp3) is 0.136. The quantitative estimate of drug-likeness (QED) is 0.583. The van der Waals surface area contributed by atoms with Gasteiger partial charge >= 0.3 is 0 Å². The monoisotopic (exact) mass is 442 g/mol. The number of halogens is 2. The third-order valence-electron chi connectivity index (χ3n) is 5.16. The van der Waals surface area contributed by atoms with Crippen LogP contribution in [0.15, 0.2) is 54.6 Å². The fourth-order valence-corrected chi connectivity index (χ4v) is 4.24. The largest absolute Gasteiger partial charge is 0.506 e. The van der Waals surface area contributed by atoms with Crippen molar-refractivity contribution in [1.29, 1.82) is 0 Å². The van der Waals surface area contributed by atoms with E-state index in [1.54, 1.807) is 17.0 Å². The third-order valence-corrected chi connectivity index (χ3v) is 5.67. The maximum Gasteiger partial charge on any atom is 0.258 e. The van der Waals surface area contributed by atoms with Gasteiger partial charge in [-0.05, 0) is 42.0 Å². The highest BCUT2D eigenvalue weighted by atomic mass is 35.5. The molecule has 2 heterocycles. The molecule has 1 unspecified atom stereocenters. The van der Waals surface area contributed by atoms with Gasteiger partial charge in [-0.25, -0.2) is 0 Å². The second kappa shape index (κ2) is 7.31. The normalized spacial score (nSPS) is 16.9. The second-order valence-electron chi connectivity index (χ2n) is 7.04. The Morgan fingerprint density at radius 2 is 1.87 bits per heavy atom. The van der Waals surface area contributed by atoms with Gasteiger partial charge in [-0.1, -0.05) is 41.4 Å². The van der Waals surface area contributed by atoms with Crippen LogP contribution in [-0.2, 0) is 6.54 Å². The summed E-state index contributed by atoms with van der Waals surface area (Å²) in [5.41, 5.74) is 2.48. The highest BCUT2D eigenvalue weighted by Gasteiger charge is 2.35. The number of nitrogens with zero attached hydrogens (tertiary/aromatic N) is 1. The van der Waals surface area contributed by atoms with Gasteiger partial charge in [0.25, 0.3) is 5.91 Å². The molecule has 0 spiro atoms. The van der Waals surface area contributed by atoms with E-state index in [0.29, 0.717) is 33.3 Å². The molecule has 1 amide bonds. The number of para-hydroxylation sites is 1. The van der Waals surface area contributed by atoms with Gasteiger partial charge in [0.15, 0.2) is 11.5 Å². The summed E-state index contributed by atoms with van der Waals surface area (Å²) in [7, 11) is 0. The van der Waals surface area contributed by atoms with Crippen molar-refractivity contribution < 1.29 is 19.4 Å². The van der Waals surface area contributed by atoms with Crippen molar-refractivity contribution in [1.82, 2.24) is 4.90 Å². The number of amides is 1. The van der Waals surface area contributed by atoms with Crippen LogP contribution in [0.4, 0.5) is 5.69 Å². The molecule has 2 aliphatic rings. The number of benzene rings is 3. The van der Waals surface area contributed by atoms with E-state index in [1.165, 1.54) is 6.07 Å². The van der Waals surface area contributed by atoms with Gasteiger partial charge in [-0.15, -0.1) is 0 Å². The van der Waals surface area contributed by atoms with E-state index >= 15 is 0 Å². The van der Waals surface area contributed by atoms with Gasteiger partial charge in [0.05, 0.1) is 10.6 Å². The van der Waals surface area contributed by atoms with Crippen molar-refractivity contribution in [2.75, 3.05) is 12.1 Å². The van der Waals surface area contributed by atoms with E-state index in [0.717, 1.165) is 5.56 Å². The number of fused-ring (bicyclic) bond motifs is 2. The molecule has 6 nitrogen and oxygen atoms in total. The molecule has 2 aliphatic heterocycles. The number of carbonyl (C=O) groups excluding carboxylic acids is 1. The number of ether oxygens (including phenoxy) is 2. The molecule has 0 saturated heterocycles. The molecule has 0 fully saturated rings. The van der Waals surface area contributed by atoms with Crippen LogP contribution in [0.5, 0.6) is 17.2 Å². The lowest BCUT2D eigenvalue weighted by Gasteiger charge is -2.38. The number of aromatic hydroxyl groups is 1. The van der Waals surface area contributed by atoms with Crippen molar-refractivity contribution in [2.24, 2.45) is 0 Å². The lowest BCUT2D eigenvalue weighted by atomic mass is 10.0. The van der Waals surface area contributed by atoms with Crippen LogP contribution in [0.25, 0.3) is 0 Å². The molecule has 8 heteroatoms. The predicted octanol–water partition coefficient (Wildman–Crippen LogP) is 5.19. The van der Waals surface area contributed by atoms with Gasteiger partial charge in [-0.3, -0.25) is 4.79 Å². The summed E-state index contributed by atoms with van der Waals surface area (Å²) in [5, 5.41) is 14.4. The zero-order valence-corrected chi connectivity index (χ0v) is 17.1. The molecule has 5 rings (SSSR count). The third kappa shape index (κ3) is 3.18. The minimum absolute atomic E-state index is 0.119. The van der Waals surface area contributed by atoms with E-state index in [9.17, 15) is 9.90 Å². The topological polar surface area (TPSA) is 71.0 Å². The first-order valence-corrected chi connectivity index (χ1v) is 10.00. The Labute approximate surface area is 182 Å². The van der Waals surface area contributed by atoms with Crippen LogP contribution in [0.2, 0.25) is 10.0 Å². The molecule has 2 N–H and O–H groups in total. The van der Waals surface area contributed by atoms with Gasteiger partial charge < -0.3 is 24.8 Å². The van der Waals surface area contributed by atoms with Crippen LogP contribution >= 0.6 is 23.2 Å². The Morgan fingerprint density at radius 1 is 1.07 bits per heavy atom. The van der Waals surface area contributed by atoms with Crippen LogP contribution in [-0.4, -0.2) is 22.7 Å². The van der Waals surface area contributed by atoms with Crippen molar-refractivity contribution in [3.8, 4) is 17.2 Å². The molecule has 0 aromatic heterocycles. The number of carbonyl (C=O) groups is 1. The number of hydrogen-bond acceptors (Lipinski definition) is 5. The smallest absolute Gasteiger partial charge is 0.258 e. The standard InChI is InChI=1S/C22H16Cl2N2O4/c23-13-8-15(20(27)16(24)9-13)21-25-17-4-2-1-3-14(17)22(28)26(21)10-12-5-6-18-19(7-12)30-11-29-18/h1-9,21,25,27H,10-11H2. The van der Waals surface area contributed by atoms with Crippen molar-refractivity contribution >= 4 is 34.8 Å². The number of nitrogens with one attached hydrogen (secondary N) is 1. The van der Waals surface area contributed by atoms with Gasteiger partial charge in [-0.2, -0.15) is 0 Å². The summed E-state index contributed by atoms with van der Waals surface area (Å²) in [5.74, 6) is 1.00. The molecule has 152 valence electrons. The van der Waals surface area contributed by atoms with E-state index in [-0.39, 0.29) is 30.0 Å². The summed E-state index contributed by atoms with van der Waals surface area (Å²) in [6.07, 6.45) is -0.672. The SMILES string of the molecule is O=C1c2ccccc2NC(c2cc(Cl)cc(Cl)c2O)N1Cc1ccc2c(c1)OCO2. The van der Waals surface area contributed by atoms with Crippen LogP contribution in [0, 0.1) is 0 Å². The maximum absolute atomic E-state index is 13.4. The average molecular weight is 443 g/mol. The second-order valence-corrected chi connectivity index (χ2v) is 7.88. The molecule has 0 radical (unpaired) electrons. The molecular formula is C22H16Cl2N2O4. The summed E-state index contributed by atoms with van der Waals surface area (Å²) in [6, 6.07) is 15.8. The number of rotatable bonds is 3. The first-order valence-electron chi connectivity index (χ1n) is 9.24. The summed E-state index contributed by atoms with van der Waals surface area (Å²) < 4.78 is 10.8. The molecule has 1 atom stereocenters. The van der Waals surface area contributed by atoms with Crippen LogP contribution < -0.4 is 14.8 Å². The highest BCUT2D eigenvalue weighted by molar-refractivity contribution is 6.35. The van der Waals surface area contributed by atoms with E-state index in [4.69, 9.17) is 32.7 Å². The van der Waals surface area contributed by atoms with Crippen molar-refractivity contribution in [2.45, 2.75) is 12.7 Å². The molecule has 3 aromatic carbocycles. The minimum Gasteiger partial charge on any atom is -0.506 e. The highest BCUT2D eigenvalue weighted by Crippen LogP contribution is 2.42. The number of hydrogen-bond donors (Lipinski definition) is 2. The van der Waals surface area contributed by atoms with Crippen molar-refractivity contribution in [3.05, 3.63) is 81.3 Å². The molecule has 0 saturated carbocycles. The molecular weight excluding hydrogens is 427 g/mol. The number of phenols is 1. The van der Waals surface area contributed by atoms with Gasteiger partial charge in [0, 0.05) is 22.8 Å². The summed E-state index contributed by atoms with van der Waals surface area (Å²) in [6.45, 7) is 0.443. The molecule has 3 aromatic rings. The first kappa shape index (κ1) is 18.9. The molecule has 30 heavy (non-hydrogen) atoms. The number of anilines is 1. The Bertz CT molecular complexity index is 1170. The van der Waals surface area contributed by atoms with Crippen LogP contribution in [0.3, 0.4) is 0 Å². The Hall–Kier alpha value is -3.09. The zero-order valence-electron chi connectivity index (χ0n) is 15.6. The lowest BCUT2D eigenvalue weighted by molar-refractivity contribution is 0.0664. The van der Waals surface area contributed by atoms with Gasteiger partial charge in [0.2, 0.25) is 6.79 Å². The molecule has 0 bridgehead atoms. The molecule has 0 aliphatic carbocycles. The Morgan fingerprint density at radius 3 is 2.73 bits per heavy atom. The van der Waals surface area contributed by atoms with E-state index in [2.05, 4.69) is 5.32 Å². The van der Waals surface area contributed by atoms with Crippen molar-refractivity contribution in [3.63, 3.8) is 0 Å². The van der Waals surface area contributed by atoms with E-state index < -0.39 is 6.17 Å². The van der Waals surface area contributed by atoms with Gasteiger partial charge in [0.1, 0.15) is 11.9 Å². The average Bonchev–Trinajstić information content (AvgIpc) is 3.20. The maximum atomic E-state index is 13.4. The zero-order chi connectivity index (χ0) is 20.8. The van der Waals surface area contributed by atoms with E-state index in [1.807, 2.05) is 36.4 Å².